The van der Waals surface area contributed by atoms with Crippen molar-refractivity contribution in [3.63, 3.8) is 0 Å². The summed E-state index contributed by atoms with van der Waals surface area (Å²) < 4.78 is 35.4. The Morgan fingerprint density at radius 3 is 2.41 bits per heavy atom. The largest absolute Gasteiger partial charge is 0.401 e. The van der Waals surface area contributed by atoms with Crippen molar-refractivity contribution in [3.8, 4) is 0 Å². The molecule has 0 unspecified atom stereocenters. The third kappa shape index (κ3) is 5.91. The summed E-state index contributed by atoms with van der Waals surface area (Å²) in [4.78, 5) is 11.3. The number of hydrogen-bond donors (Lipinski definition) is 2. The van der Waals surface area contributed by atoms with Crippen LogP contribution in [0.25, 0.3) is 0 Å². The highest BCUT2D eigenvalue weighted by Gasteiger charge is 2.29. The molecule has 0 radical (unpaired) electrons. The molecule has 2 N–H and O–H groups in total. The van der Waals surface area contributed by atoms with Crippen molar-refractivity contribution < 1.29 is 18.0 Å². The molecule has 0 saturated heterocycles. The molecule has 0 spiro atoms. The van der Waals surface area contributed by atoms with Crippen molar-refractivity contribution in [3.05, 3.63) is 0 Å². The van der Waals surface area contributed by atoms with Crippen LogP contribution in [-0.4, -0.2) is 31.7 Å². The maximum absolute atomic E-state index is 11.8. The molecule has 0 aromatic carbocycles. The van der Waals surface area contributed by atoms with Crippen LogP contribution >= 0.6 is 0 Å². The molecule has 1 saturated carbocycles. The zero-order valence-electron chi connectivity index (χ0n) is 9.99. The van der Waals surface area contributed by atoms with Crippen molar-refractivity contribution in [1.82, 2.24) is 10.6 Å². The summed E-state index contributed by atoms with van der Waals surface area (Å²) in [5, 5.41) is 4.76. The fourth-order valence-electron chi connectivity index (χ4n) is 2.10. The van der Waals surface area contributed by atoms with Crippen LogP contribution < -0.4 is 10.6 Å². The molecular weight excluding hydrogens is 233 g/mol. The molecular formula is C11H19F3N2O. The average Bonchev–Trinajstić information content (AvgIpc) is 2.61. The molecule has 100 valence electrons. The van der Waals surface area contributed by atoms with Crippen molar-refractivity contribution in [1.29, 1.82) is 0 Å². The van der Waals surface area contributed by atoms with Gasteiger partial charge in [-0.1, -0.05) is 19.8 Å². The molecule has 0 bridgehead atoms. The van der Waals surface area contributed by atoms with E-state index in [0.29, 0.717) is 6.54 Å². The van der Waals surface area contributed by atoms with Crippen LogP contribution in [0.15, 0.2) is 0 Å². The van der Waals surface area contributed by atoms with Gasteiger partial charge in [-0.2, -0.15) is 13.2 Å². The summed E-state index contributed by atoms with van der Waals surface area (Å²) in [6.45, 7) is 1.25. The summed E-state index contributed by atoms with van der Waals surface area (Å²) in [5.74, 6) is -0.373. The van der Waals surface area contributed by atoms with E-state index >= 15 is 0 Å². The Kier molecular flexibility index (Phi) is 4.80. The first-order valence-electron chi connectivity index (χ1n) is 5.85. The number of carbonyl (C=O) groups excluding carboxylic acids is 1. The molecule has 0 atom stereocenters. The van der Waals surface area contributed by atoms with Crippen molar-refractivity contribution in [2.75, 3.05) is 19.6 Å². The first-order chi connectivity index (χ1) is 7.81. The third-order valence-electron chi connectivity index (χ3n) is 3.13. The molecule has 6 heteroatoms. The molecule has 17 heavy (non-hydrogen) atoms. The fraction of sp³-hybridized carbons (Fsp3) is 0.909. The number of hydrogen-bond acceptors (Lipinski definition) is 2. The van der Waals surface area contributed by atoms with Crippen LogP contribution in [-0.2, 0) is 4.79 Å². The molecule has 0 aromatic heterocycles. The molecule has 1 rings (SSSR count). The number of alkyl halides is 3. The monoisotopic (exact) mass is 252 g/mol. The van der Waals surface area contributed by atoms with Gasteiger partial charge >= 0.3 is 6.18 Å². The standard InChI is InChI=1S/C11H19F3N2O/c1-10(4-2-3-5-10)7-16-9(17)6-15-8-11(12,13)14/h15H,2-8H2,1H3,(H,16,17). The second kappa shape index (κ2) is 5.71. The van der Waals surface area contributed by atoms with E-state index < -0.39 is 12.7 Å². The first kappa shape index (κ1) is 14.3. The molecule has 0 heterocycles. The van der Waals surface area contributed by atoms with Gasteiger partial charge < -0.3 is 10.6 Å². The smallest absolute Gasteiger partial charge is 0.354 e. The summed E-state index contributed by atoms with van der Waals surface area (Å²) in [6, 6.07) is 0. The zero-order valence-corrected chi connectivity index (χ0v) is 9.99. The van der Waals surface area contributed by atoms with Crippen LogP contribution in [0.2, 0.25) is 0 Å². The van der Waals surface area contributed by atoms with Gasteiger partial charge in [0.1, 0.15) is 0 Å². The Labute approximate surface area is 99.1 Å². The highest BCUT2D eigenvalue weighted by Crippen LogP contribution is 2.36. The van der Waals surface area contributed by atoms with Gasteiger partial charge in [0.05, 0.1) is 13.1 Å². The second-order valence-electron chi connectivity index (χ2n) is 5.01. The van der Waals surface area contributed by atoms with Crippen LogP contribution in [0.5, 0.6) is 0 Å². The molecule has 1 aliphatic carbocycles. The number of carbonyl (C=O) groups is 1. The van der Waals surface area contributed by atoms with E-state index in [0.717, 1.165) is 12.8 Å². The van der Waals surface area contributed by atoms with Gasteiger partial charge in [0.15, 0.2) is 0 Å². The van der Waals surface area contributed by atoms with Crippen LogP contribution in [0.1, 0.15) is 32.6 Å². The Hall–Kier alpha value is -0.780. The fourth-order valence-corrected chi connectivity index (χ4v) is 2.10. The van der Waals surface area contributed by atoms with Crippen molar-refractivity contribution in [2.45, 2.75) is 38.8 Å². The van der Waals surface area contributed by atoms with E-state index in [-0.39, 0.29) is 17.9 Å². The predicted molar refractivity (Wildman–Crippen MR) is 58.5 cm³/mol. The summed E-state index contributed by atoms with van der Waals surface area (Å²) in [6.07, 6.45) is 0.210. The molecule has 1 fully saturated rings. The number of nitrogens with one attached hydrogen (secondary N) is 2. The van der Waals surface area contributed by atoms with E-state index in [1.54, 1.807) is 0 Å². The number of halogens is 3. The zero-order chi connectivity index (χ0) is 12.9. The maximum atomic E-state index is 11.8. The van der Waals surface area contributed by atoms with Gasteiger partial charge in [0.2, 0.25) is 5.91 Å². The molecule has 3 nitrogen and oxygen atoms in total. The minimum Gasteiger partial charge on any atom is -0.354 e. The molecule has 1 aliphatic rings. The SMILES string of the molecule is CC1(CNC(=O)CNCC(F)(F)F)CCCC1. The van der Waals surface area contributed by atoms with Crippen LogP contribution in [0.3, 0.4) is 0 Å². The van der Waals surface area contributed by atoms with Gasteiger partial charge in [-0.25, -0.2) is 0 Å². The van der Waals surface area contributed by atoms with E-state index in [2.05, 4.69) is 17.6 Å². The molecule has 0 aromatic rings. The lowest BCUT2D eigenvalue weighted by atomic mass is 9.89. The Morgan fingerprint density at radius 2 is 1.88 bits per heavy atom. The lowest BCUT2D eigenvalue weighted by Gasteiger charge is -2.23. The molecule has 1 amide bonds. The van der Waals surface area contributed by atoms with Crippen LogP contribution in [0, 0.1) is 5.41 Å². The lowest BCUT2D eigenvalue weighted by molar-refractivity contribution is -0.128. The number of rotatable bonds is 5. The summed E-state index contributed by atoms with van der Waals surface area (Å²) >= 11 is 0. The van der Waals surface area contributed by atoms with Crippen molar-refractivity contribution in [2.24, 2.45) is 5.41 Å². The molecule has 0 aliphatic heterocycles. The highest BCUT2D eigenvalue weighted by molar-refractivity contribution is 5.78. The average molecular weight is 252 g/mol. The van der Waals surface area contributed by atoms with Crippen LogP contribution in [0.4, 0.5) is 13.2 Å². The third-order valence-corrected chi connectivity index (χ3v) is 3.13. The van der Waals surface area contributed by atoms with Gasteiger partial charge in [0.25, 0.3) is 0 Å². The lowest BCUT2D eigenvalue weighted by Crippen LogP contribution is -2.41. The predicted octanol–water partition coefficient (Wildman–Crippen LogP) is 1.83. The summed E-state index contributed by atoms with van der Waals surface area (Å²) in [7, 11) is 0. The first-order valence-corrected chi connectivity index (χ1v) is 5.85. The van der Waals surface area contributed by atoms with Gasteiger partial charge in [-0.15, -0.1) is 0 Å². The van der Waals surface area contributed by atoms with Gasteiger partial charge in [0, 0.05) is 6.54 Å². The van der Waals surface area contributed by atoms with E-state index in [4.69, 9.17) is 0 Å². The van der Waals surface area contributed by atoms with E-state index in [9.17, 15) is 18.0 Å². The highest BCUT2D eigenvalue weighted by atomic mass is 19.4. The minimum atomic E-state index is -4.27. The second-order valence-corrected chi connectivity index (χ2v) is 5.01. The quantitative estimate of drug-likeness (QED) is 0.784. The van der Waals surface area contributed by atoms with E-state index in [1.807, 2.05) is 0 Å². The Bertz CT molecular complexity index is 260. The van der Waals surface area contributed by atoms with E-state index in [1.165, 1.54) is 12.8 Å². The Balaban J connectivity index is 2.13. The summed E-state index contributed by atoms with van der Waals surface area (Å²) in [5.41, 5.74) is 0.125. The van der Waals surface area contributed by atoms with Crippen molar-refractivity contribution >= 4 is 5.91 Å². The number of amides is 1. The van der Waals surface area contributed by atoms with Gasteiger partial charge in [-0.3, -0.25) is 4.79 Å². The van der Waals surface area contributed by atoms with Gasteiger partial charge in [-0.05, 0) is 18.3 Å². The topological polar surface area (TPSA) is 41.1 Å². The Morgan fingerprint density at radius 1 is 1.29 bits per heavy atom. The minimum absolute atomic E-state index is 0.125. The normalized spacial score (nSPS) is 19.3. The maximum Gasteiger partial charge on any atom is 0.401 e.